The minimum absolute atomic E-state index is 0.419. The average molecular weight is 256 g/mol. The van der Waals surface area contributed by atoms with E-state index >= 15 is 0 Å². The maximum Gasteiger partial charge on any atom is 0.404 e. The van der Waals surface area contributed by atoms with E-state index < -0.39 is 6.09 Å². The van der Waals surface area contributed by atoms with Crippen LogP contribution in [0.3, 0.4) is 0 Å². The van der Waals surface area contributed by atoms with Crippen molar-refractivity contribution in [3.8, 4) is 0 Å². The van der Waals surface area contributed by atoms with Crippen molar-refractivity contribution in [1.29, 1.82) is 0 Å². The molecule has 0 unspecified atom stereocenters. The molecule has 0 spiro atoms. The van der Waals surface area contributed by atoms with Crippen LogP contribution in [0.1, 0.15) is 5.56 Å². The molecule has 2 aromatic rings. The Labute approximate surface area is 102 Å². The highest BCUT2D eigenvalue weighted by Gasteiger charge is 2.03. The summed E-state index contributed by atoms with van der Waals surface area (Å²) < 4.78 is 1.15. The van der Waals surface area contributed by atoms with Gasteiger partial charge in [0.1, 0.15) is 0 Å². The number of fused-ring (bicyclic) bond motifs is 1. The van der Waals surface area contributed by atoms with E-state index in [-0.39, 0.29) is 0 Å². The summed E-state index contributed by atoms with van der Waals surface area (Å²) in [4.78, 5) is 10.3. The standard InChI is InChI=1S/C11H10ClNO2S/c12-9-6-16-10-2-1-7(5-8(9)10)3-4-13-11(14)15/h1-2,5-6,13H,3-4H2,(H,14,15). The van der Waals surface area contributed by atoms with Gasteiger partial charge in [0.05, 0.1) is 5.02 Å². The number of hydrogen-bond acceptors (Lipinski definition) is 2. The summed E-state index contributed by atoms with van der Waals surface area (Å²) in [5.41, 5.74) is 1.08. The molecule has 0 atom stereocenters. The normalized spacial score (nSPS) is 10.6. The van der Waals surface area contributed by atoms with Gasteiger partial charge in [0.25, 0.3) is 0 Å². The van der Waals surface area contributed by atoms with Gasteiger partial charge in [0.2, 0.25) is 0 Å². The average Bonchev–Trinajstić information content (AvgIpc) is 2.60. The largest absolute Gasteiger partial charge is 0.465 e. The number of halogens is 1. The lowest BCUT2D eigenvalue weighted by Gasteiger charge is -2.02. The van der Waals surface area contributed by atoms with Crippen LogP contribution in [0.5, 0.6) is 0 Å². The summed E-state index contributed by atoms with van der Waals surface area (Å²) in [7, 11) is 0. The molecule has 2 N–H and O–H groups in total. The minimum atomic E-state index is -0.991. The van der Waals surface area contributed by atoms with Crippen molar-refractivity contribution in [2.24, 2.45) is 0 Å². The zero-order valence-electron chi connectivity index (χ0n) is 8.37. The predicted octanol–water partition coefficient (Wildman–Crippen LogP) is 3.36. The molecule has 5 heteroatoms. The third-order valence-corrected chi connectivity index (χ3v) is 3.69. The summed E-state index contributed by atoms with van der Waals surface area (Å²) >= 11 is 7.64. The van der Waals surface area contributed by atoms with Crippen molar-refractivity contribution in [1.82, 2.24) is 5.32 Å². The third-order valence-electron chi connectivity index (χ3n) is 2.28. The van der Waals surface area contributed by atoms with Gasteiger partial charge in [-0.05, 0) is 24.1 Å². The Balaban J connectivity index is 2.12. The molecule has 16 heavy (non-hydrogen) atoms. The van der Waals surface area contributed by atoms with Gasteiger partial charge in [-0.15, -0.1) is 11.3 Å². The molecule has 1 heterocycles. The maximum atomic E-state index is 10.3. The molecule has 84 valence electrons. The summed E-state index contributed by atoms with van der Waals surface area (Å²) in [6.45, 7) is 0.419. The Kier molecular flexibility index (Phi) is 3.31. The Morgan fingerprint density at radius 2 is 2.31 bits per heavy atom. The van der Waals surface area contributed by atoms with Crippen LogP contribution in [-0.2, 0) is 6.42 Å². The van der Waals surface area contributed by atoms with E-state index in [1.54, 1.807) is 11.3 Å². The van der Waals surface area contributed by atoms with E-state index in [4.69, 9.17) is 16.7 Å². The van der Waals surface area contributed by atoms with Crippen LogP contribution in [0.15, 0.2) is 23.6 Å². The molecular weight excluding hydrogens is 246 g/mol. The van der Waals surface area contributed by atoms with Gasteiger partial charge in [-0.3, -0.25) is 0 Å². The fourth-order valence-electron chi connectivity index (χ4n) is 1.51. The molecular formula is C11H10ClNO2S. The van der Waals surface area contributed by atoms with Crippen molar-refractivity contribution in [3.05, 3.63) is 34.2 Å². The summed E-state index contributed by atoms with van der Waals surface area (Å²) in [5.74, 6) is 0. The van der Waals surface area contributed by atoms with Crippen LogP contribution in [0.4, 0.5) is 4.79 Å². The molecule has 3 nitrogen and oxygen atoms in total. The fraction of sp³-hybridized carbons (Fsp3) is 0.182. The molecule has 1 aromatic carbocycles. The Hall–Kier alpha value is -1.26. The van der Waals surface area contributed by atoms with E-state index in [0.29, 0.717) is 13.0 Å². The number of thiophene rings is 1. The van der Waals surface area contributed by atoms with Gasteiger partial charge in [-0.2, -0.15) is 0 Å². The fourth-order valence-corrected chi connectivity index (χ4v) is 2.66. The molecule has 0 fully saturated rings. The summed E-state index contributed by atoms with van der Waals surface area (Å²) in [6, 6.07) is 6.03. The first-order chi connectivity index (χ1) is 7.66. The topological polar surface area (TPSA) is 49.3 Å². The molecule has 0 aliphatic rings. The van der Waals surface area contributed by atoms with Crippen molar-refractivity contribution in [3.63, 3.8) is 0 Å². The molecule has 0 radical (unpaired) electrons. The van der Waals surface area contributed by atoms with E-state index in [2.05, 4.69) is 5.32 Å². The number of amides is 1. The van der Waals surface area contributed by atoms with Crippen LogP contribution in [0.2, 0.25) is 5.02 Å². The number of hydrogen-bond donors (Lipinski definition) is 2. The van der Waals surface area contributed by atoms with Crippen LogP contribution in [0.25, 0.3) is 10.1 Å². The lowest BCUT2D eigenvalue weighted by atomic mass is 10.1. The Morgan fingerprint density at radius 3 is 3.06 bits per heavy atom. The minimum Gasteiger partial charge on any atom is -0.465 e. The summed E-state index contributed by atoms with van der Waals surface area (Å²) in [5, 5.41) is 14.5. The van der Waals surface area contributed by atoms with Gasteiger partial charge < -0.3 is 10.4 Å². The van der Waals surface area contributed by atoms with E-state index in [1.807, 2.05) is 23.6 Å². The Bertz CT molecular complexity index is 524. The molecule has 2 rings (SSSR count). The molecule has 0 bridgehead atoms. The lowest BCUT2D eigenvalue weighted by molar-refractivity contribution is 0.194. The molecule has 1 aromatic heterocycles. The van der Waals surface area contributed by atoms with Gasteiger partial charge in [-0.25, -0.2) is 4.79 Å². The number of benzene rings is 1. The summed E-state index contributed by atoms with van der Waals surface area (Å²) in [6.07, 6.45) is -0.316. The third kappa shape index (κ3) is 2.46. The number of carbonyl (C=O) groups is 1. The zero-order chi connectivity index (χ0) is 11.5. The first-order valence-corrected chi connectivity index (χ1v) is 6.05. The monoisotopic (exact) mass is 255 g/mol. The van der Waals surface area contributed by atoms with Crippen molar-refractivity contribution in [2.75, 3.05) is 6.54 Å². The highest BCUT2D eigenvalue weighted by atomic mass is 35.5. The number of carboxylic acid groups (broad SMARTS) is 1. The van der Waals surface area contributed by atoms with Crippen molar-refractivity contribution in [2.45, 2.75) is 6.42 Å². The zero-order valence-corrected chi connectivity index (χ0v) is 9.94. The molecule has 0 aliphatic heterocycles. The first-order valence-electron chi connectivity index (χ1n) is 4.79. The number of nitrogens with one attached hydrogen (secondary N) is 1. The molecule has 0 saturated carbocycles. The second-order valence-corrected chi connectivity index (χ2v) is 4.71. The first kappa shape index (κ1) is 11.2. The van der Waals surface area contributed by atoms with Gasteiger partial charge >= 0.3 is 6.09 Å². The van der Waals surface area contributed by atoms with Crippen molar-refractivity contribution < 1.29 is 9.90 Å². The predicted molar refractivity (Wildman–Crippen MR) is 66.6 cm³/mol. The SMILES string of the molecule is O=C(O)NCCc1ccc2scc(Cl)c2c1. The van der Waals surface area contributed by atoms with Gasteiger partial charge in [0.15, 0.2) is 0 Å². The van der Waals surface area contributed by atoms with Gasteiger partial charge in [0, 0.05) is 22.0 Å². The maximum absolute atomic E-state index is 10.3. The molecule has 1 amide bonds. The Morgan fingerprint density at radius 1 is 1.50 bits per heavy atom. The second kappa shape index (κ2) is 4.72. The van der Waals surface area contributed by atoms with E-state index in [1.165, 1.54) is 0 Å². The second-order valence-electron chi connectivity index (χ2n) is 3.40. The smallest absolute Gasteiger partial charge is 0.404 e. The quantitative estimate of drug-likeness (QED) is 0.884. The highest BCUT2D eigenvalue weighted by molar-refractivity contribution is 7.17. The van der Waals surface area contributed by atoms with Crippen LogP contribution >= 0.6 is 22.9 Å². The van der Waals surface area contributed by atoms with Crippen LogP contribution < -0.4 is 5.32 Å². The van der Waals surface area contributed by atoms with Gasteiger partial charge in [-0.1, -0.05) is 17.7 Å². The highest BCUT2D eigenvalue weighted by Crippen LogP contribution is 2.30. The van der Waals surface area contributed by atoms with Crippen LogP contribution in [0, 0.1) is 0 Å². The molecule has 0 aliphatic carbocycles. The van der Waals surface area contributed by atoms with E-state index in [0.717, 1.165) is 20.7 Å². The van der Waals surface area contributed by atoms with Crippen molar-refractivity contribution >= 4 is 39.1 Å². The molecule has 0 saturated heterocycles. The lowest BCUT2D eigenvalue weighted by Crippen LogP contribution is -2.23. The number of rotatable bonds is 3. The van der Waals surface area contributed by atoms with E-state index in [9.17, 15) is 4.79 Å². The van der Waals surface area contributed by atoms with Crippen LogP contribution in [-0.4, -0.2) is 17.7 Å².